The molecule has 0 bridgehead atoms. The molecular weight excluding hydrogens is 278 g/mol. The molecule has 0 radical (unpaired) electrons. The van der Waals surface area contributed by atoms with Crippen LogP contribution in [0.25, 0.3) is 0 Å². The molecule has 20 heavy (non-hydrogen) atoms. The number of nitrogens with zero attached hydrogens (tertiary/aromatic N) is 5. The molecule has 0 aliphatic heterocycles. The van der Waals surface area contributed by atoms with Gasteiger partial charge in [0.15, 0.2) is 0 Å². The van der Waals surface area contributed by atoms with Gasteiger partial charge in [0, 0.05) is 19.1 Å². The summed E-state index contributed by atoms with van der Waals surface area (Å²) in [5, 5.41) is 0.165. The van der Waals surface area contributed by atoms with Crippen LogP contribution in [0.2, 0.25) is 5.28 Å². The maximum atomic E-state index is 5.93. The Kier molecular flexibility index (Phi) is 4.65. The van der Waals surface area contributed by atoms with Crippen molar-refractivity contribution in [2.24, 2.45) is 0 Å². The van der Waals surface area contributed by atoms with Gasteiger partial charge >= 0.3 is 6.01 Å². The topological polar surface area (TPSA) is 54.4 Å². The molecule has 1 aromatic heterocycles. The zero-order valence-electron chi connectivity index (χ0n) is 12.6. The lowest BCUT2D eigenvalue weighted by Gasteiger charge is -2.49. The van der Waals surface area contributed by atoms with Gasteiger partial charge in [-0.05, 0) is 51.9 Å². The van der Waals surface area contributed by atoms with Gasteiger partial charge in [-0.25, -0.2) is 0 Å². The molecule has 6 nitrogen and oxygen atoms in total. The summed E-state index contributed by atoms with van der Waals surface area (Å²) in [7, 11) is 6.23. The predicted octanol–water partition coefficient (Wildman–Crippen LogP) is 1.84. The fourth-order valence-corrected chi connectivity index (χ4v) is 2.68. The smallest absolute Gasteiger partial charge is 0.322 e. The van der Waals surface area contributed by atoms with E-state index in [-0.39, 0.29) is 16.8 Å². The SMILES string of the molecule is CCOc1nc(Cl)nc(N(C)CC2(N(C)C)CCC2)n1. The molecule has 0 aromatic carbocycles. The minimum Gasteiger partial charge on any atom is -0.464 e. The standard InChI is InChI=1S/C13H22ClN5O/c1-5-20-12-16-10(14)15-11(17-12)19(4)9-13(18(2)3)7-6-8-13/h5-9H2,1-4H3. The van der Waals surface area contributed by atoms with Crippen LogP contribution in [0.3, 0.4) is 0 Å². The number of hydrogen-bond donors (Lipinski definition) is 0. The van der Waals surface area contributed by atoms with Crippen LogP contribution in [-0.4, -0.2) is 59.7 Å². The third-order valence-corrected chi connectivity index (χ3v) is 4.12. The Bertz CT molecular complexity index is 464. The molecule has 0 atom stereocenters. The van der Waals surface area contributed by atoms with Crippen molar-refractivity contribution in [1.82, 2.24) is 19.9 Å². The van der Waals surface area contributed by atoms with Gasteiger partial charge in [0.05, 0.1) is 6.61 Å². The molecule has 2 rings (SSSR count). The van der Waals surface area contributed by atoms with E-state index in [0.717, 1.165) is 6.54 Å². The van der Waals surface area contributed by atoms with Gasteiger partial charge in [0.1, 0.15) is 0 Å². The van der Waals surface area contributed by atoms with Gasteiger partial charge < -0.3 is 14.5 Å². The van der Waals surface area contributed by atoms with E-state index in [9.17, 15) is 0 Å². The summed E-state index contributed by atoms with van der Waals surface area (Å²) in [6, 6.07) is 0.280. The molecule has 1 aliphatic carbocycles. The van der Waals surface area contributed by atoms with E-state index < -0.39 is 0 Å². The number of ether oxygens (including phenoxy) is 1. The molecule has 0 unspecified atom stereocenters. The van der Waals surface area contributed by atoms with E-state index in [0.29, 0.717) is 12.6 Å². The summed E-state index contributed by atoms with van der Waals surface area (Å²) in [5.41, 5.74) is 0.208. The molecule has 0 spiro atoms. The van der Waals surface area contributed by atoms with E-state index in [1.165, 1.54) is 19.3 Å². The Morgan fingerprint density at radius 2 is 1.90 bits per heavy atom. The first-order chi connectivity index (χ1) is 9.47. The third kappa shape index (κ3) is 3.12. The molecule has 1 aromatic rings. The Morgan fingerprint density at radius 1 is 1.20 bits per heavy atom. The van der Waals surface area contributed by atoms with Crippen LogP contribution in [-0.2, 0) is 0 Å². The minimum absolute atomic E-state index is 0.165. The quantitative estimate of drug-likeness (QED) is 0.799. The predicted molar refractivity (Wildman–Crippen MR) is 79.5 cm³/mol. The highest BCUT2D eigenvalue weighted by Gasteiger charge is 2.40. The van der Waals surface area contributed by atoms with Crippen LogP contribution in [0.4, 0.5) is 5.95 Å². The summed E-state index contributed by atoms with van der Waals surface area (Å²) in [5.74, 6) is 0.557. The monoisotopic (exact) mass is 299 g/mol. The van der Waals surface area contributed by atoms with Crippen LogP contribution >= 0.6 is 11.6 Å². The lowest BCUT2D eigenvalue weighted by atomic mass is 9.75. The minimum atomic E-state index is 0.165. The number of halogens is 1. The second-order valence-electron chi connectivity index (χ2n) is 5.45. The zero-order valence-corrected chi connectivity index (χ0v) is 13.3. The van der Waals surface area contributed by atoms with Crippen molar-refractivity contribution in [3.05, 3.63) is 5.28 Å². The van der Waals surface area contributed by atoms with Crippen molar-refractivity contribution in [2.45, 2.75) is 31.7 Å². The first-order valence-corrected chi connectivity index (χ1v) is 7.27. The number of hydrogen-bond acceptors (Lipinski definition) is 6. The van der Waals surface area contributed by atoms with Crippen LogP contribution in [0.1, 0.15) is 26.2 Å². The lowest BCUT2D eigenvalue weighted by molar-refractivity contribution is 0.0680. The maximum Gasteiger partial charge on any atom is 0.322 e. The normalized spacial score (nSPS) is 16.9. The van der Waals surface area contributed by atoms with E-state index in [1.807, 2.05) is 18.9 Å². The highest BCUT2D eigenvalue weighted by molar-refractivity contribution is 6.28. The lowest BCUT2D eigenvalue weighted by Crippen LogP contribution is -2.57. The Morgan fingerprint density at radius 3 is 2.40 bits per heavy atom. The average molecular weight is 300 g/mol. The van der Waals surface area contributed by atoms with Crippen molar-refractivity contribution in [3.8, 4) is 6.01 Å². The summed E-state index contributed by atoms with van der Waals surface area (Å²) in [6.07, 6.45) is 3.66. The second kappa shape index (κ2) is 6.10. The second-order valence-corrected chi connectivity index (χ2v) is 5.79. The highest BCUT2D eigenvalue weighted by atomic mass is 35.5. The summed E-state index contributed by atoms with van der Waals surface area (Å²) in [4.78, 5) is 16.8. The highest BCUT2D eigenvalue weighted by Crippen LogP contribution is 2.37. The van der Waals surface area contributed by atoms with Gasteiger partial charge in [-0.1, -0.05) is 0 Å². The van der Waals surface area contributed by atoms with Crippen molar-refractivity contribution in [1.29, 1.82) is 0 Å². The van der Waals surface area contributed by atoms with Crippen molar-refractivity contribution < 1.29 is 4.74 Å². The van der Waals surface area contributed by atoms with Gasteiger partial charge in [0.2, 0.25) is 11.2 Å². The first-order valence-electron chi connectivity index (χ1n) is 6.90. The number of anilines is 1. The summed E-state index contributed by atoms with van der Waals surface area (Å²) >= 11 is 5.93. The number of rotatable bonds is 6. The summed E-state index contributed by atoms with van der Waals surface area (Å²) in [6.45, 7) is 3.26. The Hall–Kier alpha value is -1.14. The molecule has 1 fully saturated rings. The first kappa shape index (κ1) is 15.3. The molecule has 0 amide bonds. The van der Waals surface area contributed by atoms with E-state index in [4.69, 9.17) is 16.3 Å². The Balaban J connectivity index is 2.14. The van der Waals surface area contributed by atoms with Gasteiger partial charge in [0.25, 0.3) is 0 Å². The molecule has 1 aliphatic rings. The fourth-order valence-electron chi connectivity index (χ4n) is 2.53. The summed E-state index contributed by atoms with van der Waals surface area (Å²) < 4.78 is 5.31. The fraction of sp³-hybridized carbons (Fsp3) is 0.769. The van der Waals surface area contributed by atoms with Crippen LogP contribution in [0, 0.1) is 0 Å². The largest absolute Gasteiger partial charge is 0.464 e. The molecule has 0 N–H and O–H groups in total. The molecule has 1 saturated carbocycles. The zero-order chi connectivity index (χ0) is 14.8. The van der Waals surface area contributed by atoms with Crippen molar-refractivity contribution >= 4 is 17.5 Å². The Labute approximate surface area is 125 Å². The van der Waals surface area contributed by atoms with Gasteiger partial charge in [-0.15, -0.1) is 0 Å². The molecule has 1 heterocycles. The molecular formula is C13H22ClN5O. The molecule has 7 heteroatoms. The third-order valence-electron chi connectivity index (χ3n) is 3.96. The van der Waals surface area contributed by atoms with Crippen molar-refractivity contribution in [2.75, 3.05) is 39.2 Å². The van der Waals surface area contributed by atoms with Crippen molar-refractivity contribution in [3.63, 3.8) is 0 Å². The van der Waals surface area contributed by atoms with E-state index in [2.05, 4.69) is 33.9 Å². The number of aromatic nitrogens is 3. The van der Waals surface area contributed by atoms with Gasteiger partial charge in [-0.3, -0.25) is 0 Å². The maximum absolute atomic E-state index is 5.93. The van der Waals surface area contributed by atoms with Crippen LogP contribution in [0.15, 0.2) is 0 Å². The average Bonchev–Trinajstić information content (AvgIpc) is 2.32. The van der Waals surface area contributed by atoms with Crippen LogP contribution in [0.5, 0.6) is 6.01 Å². The molecule has 0 saturated heterocycles. The van der Waals surface area contributed by atoms with Crippen LogP contribution < -0.4 is 9.64 Å². The van der Waals surface area contributed by atoms with E-state index >= 15 is 0 Å². The van der Waals surface area contributed by atoms with Gasteiger partial charge in [-0.2, -0.15) is 15.0 Å². The number of likely N-dealkylation sites (N-methyl/N-ethyl adjacent to an activating group) is 2. The van der Waals surface area contributed by atoms with E-state index in [1.54, 1.807) is 0 Å². The molecule has 112 valence electrons.